The quantitative estimate of drug-likeness (QED) is 0.525. The van der Waals surface area contributed by atoms with Gasteiger partial charge in [-0.25, -0.2) is 0 Å². The number of aldehydes is 1. The van der Waals surface area contributed by atoms with Crippen molar-refractivity contribution in [2.75, 3.05) is 0 Å². The monoisotopic (exact) mass is 158 g/mol. The lowest BCUT2D eigenvalue weighted by Crippen LogP contribution is -1.89. The Labute approximate surface area is 63.4 Å². The van der Waals surface area contributed by atoms with E-state index in [0.29, 0.717) is 12.3 Å². The number of carbonyl (C=O) groups is 1. The van der Waals surface area contributed by atoms with Crippen LogP contribution < -0.4 is 0 Å². The summed E-state index contributed by atoms with van der Waals surface area (Å²) >= 11 is 5.53. The van der Waals surface area contributed by atoms with Crippen molar-refractivity contribution in [1.82, 2.24) is 10.2 Å². The highest BCUT2D eigenvalue weighted by atomic mass is 35.5. The number of carbonyl (C=O) groups excluding carboxylic acids is 1. The lowest BCUT2D eigenvalue weighted by molar-refractivity contribution is -0.107. The van der Waals surface area contributed by atoms with Crippen LogP contribution in [0.3, 0.4) is 0 Å². The second kappa shape index (κ2) is 3.37. The van der Waals surface area contributed by atoms with Crippen molar-refractivity contribution in [3.63, 3.8) is 0 Å². The van der Waals surface area contributed by atoms with Crippen LogP contribution in [0.1, 0.15) is 11.3 Å². The summed E-state index contributed by atoms with van der Waals surface area (Å²) in [5.74, 6) is 0.402. The number of alkyl halides is 1. The topological polar surface area (TPSA) is 45.8 Å². The molecule has 4 heteroatoms. The van der Waals surface area contributed by atoms with E-state index in [9.17, 15) is 4.79 Å². The minimum absolute atomic E-state index is 0.339. The molecule has 1 rings (SSSR count). The number of nitrogens with zero attached hydrogens (tertiary/aromatic N) is 1. The SMILES string of the molecule is O=CCc1n[nH]cc1CCl. The maximum absolute atomic E-state index is 10.0. The van der Waals surface area contributed by atoms with Gasteiger partial charge in [0.15, 0.2) is 0 Å². The Morgan fingerprint density at radius 2 is 2.60 bits per heavy atom. The first-order chi connectivity index (χ1) is 4.88. The predicted molar refractivity (Wildman–Crippen MR) is 37.9 cm³/mol. The van der Waals surface area contributed by atoms with E-state index in [1.165, 1.54) is 0 Å². The number of hydrogen-bond donors (Lipinski definition) is 1. The summed E-state index contributed by atoms with van der Waals surface area (Å²) in [5.41, 5.74) is 1.64. The molecule has 0 unspecified atom stereocenters. The molecule has 1 aromatic heterocycles. The van der Waals surface area contributed by atoms with Crippen LogP contribution in [0.4, 0.5) is 0 Å². The molecule has 0 amide bonds. The summed E-state index contributed by atoms with van der Waals surface area (Å²) in [5, 5.41) is 6.48. The molecule has 0 atom stereocenters. The van der Waals surface area contributed by atoms with E-state index in [-0.39, 0.29) is 0 Å². The van der Waals surface area contributed by atoms with Crippen LogP contribution in [0.25, 0.3) is 0 Å². The molecule has 54 valence electrons. The fraction of sp³-hybridized carbons (Fsp3) is 0.333. The van der Waals surface area contributed by atoms with Crippen molar-refractivity contribution >= 4 is 17.9 Å². The van der Waals surface area contributed by atoms with Gasteiger partial charge in [0.05, 0.1) is 11.6 Å². The molecule has 0 fully saturated rings. The molecule has 1 N–H and O–H groups in total. The molecule has 1 heterocycles. The highest BCUT2D eigenvalue weighted by Crippen LogP contribution is 2.06. The van der Waals surface area contributed by atoms with Crippen LogP contribution in [0.2, 0.25) is 0 Å². The Balaban J connectivity index is 2.79. The molecule has 1 aromatic rings. The molecule has 0 aliphatic rings. The van der Waals surface area contributed by atoms with Crippen LogP contribution in [-0.4, -0.2) is 16.5 Å². The van der Waals surface area contributed by atoms with Crippen molar-refractivity contribution in [3.8, 4) is 0 Å². The van der Waals surface area contributed by atoms with Gasteiger partial charge in [0.2, 0.25) is 0 Å². The molecular formula is C6H7ClN2O. The fourth-order valence-corrected chi connectivity index (χ4v) is 0.946. The van der Waals surface area contributed by atoms with E-state index in [1.54, 1.807) is 6.20 Å². The van der Waals surface area contributed by atoms with Crippen molar-refractivity contribution in [1.29, 1.82) is 0 Å². The number of hydrogen-bond acceptors (Lipinski definition) is 2. The molecule has 0 saturated carbocycles. The van der Waals surface area contributed by atoms with Gasteiger partial charge in [0.25, 0.3) is 0 Å². The zero-order chi connectivity index (χ0) is 7.40. The highest BCUT2D eigenvalue weighted by Gasteiger charge is 2.01. The number of halogens is 1. The molecule has 10 heavy (non-hydrogen) atoms. The van der Waals surface area contributed by atoms with Gasteiger partial charge in [0, 0.05) is 18.2 Å². The molecule has 0 aliphatic heterocycles. The Kier molecular flexibility index (Phi) is 2.45. The summed E-state index contributed by atoms with van der Waals surface area (Å²) in [6, 6.07) is 0. The van der Waals surface area contributed by atoms with Crippen LogP contribution in [0.15, 0.2) is 6.20 Å². The minimum Gasteiger partial charge on any atom is -0.303 e. The first-order valence-electron chi connectivity index (χ1n) is 2.89. The molecule has 0 saturated heterocycles. The van der Waals surface area contributed by atoms with Crippen molar-refractivity contribution in [3.05, 3.63) is 17.5 Å². The van der Waals surface area contributed by atoms with Gasteiger partial charge in [0.1, 0.15) is 6.29 Å². The van der Waals surface area contributed by atoms with Crippen molar-refractivity contribution in [2.45, 2.75) is 12.3 Å². The zero-order valence-electron chi connectivity index (χ0n) is 5.30. The Hall–Kier alpha value is -0.830. The Morgan fingerprint density at radius 1 is 1.80 bits per heavy atom. The van der Waals surface area contributed by atoms with Crippen LogP contribution >= 0.6 is 11.6 Å². The van der Waals surface area contributed by atoms with E-state index < -0.39 is 0 Å². The van der Waals surface area contributed by atoms with Crippen LogP contribution in [-0.2, 0) is 17.1 Å². The average Bonchev–Trinajstić information content (AvgIpc) is 2.36. The second-order valence-corrected chi connectivity index (χ2v) is 2.13. The largest absolute Gasteiger partial charge is 0.303 e. The molecule has 0 aromatic carbocycles. The third kappa shape index (κ3) is 1.36. The van der Waals surface area contributed by atoms with Gasteiger partial charge in [-0.1, -0.05) is 0 Å². The van der Waals surface area contributed by atoms with Gasteiger partial charge in [-0.15, -0.1) is 11.6 Å². The summed E-state index contributed by atoms with van der Waals surface area (Å²) in [6.45, 7) is 0. The summed E-state index contributed by atoms with van der Waals surface area (Å²) in [4.78, 5) is 10.0. The summed E-state index contributed by atoms with van der Waals surface area (Å²) in [6.07, 6.45) is 2.85. The maximum atomic E-state index is 10.0. The smallest absolute Gasteiger partial charge is 0.126 e. The Morgan fingerprint density at radius 3 is 3.20 bits per heavy atom. The molecule has 0 aliphatic carbocycles. The third-order valence-corrected chi connectivity index (χ3v) is 1.52. The van der Waals surface area contributed by atoms with Gasteiger partial charge < -0.3 is 4.79 Å². The number of nitrogens with one attached hydrogen (secondary N) is 1. The number of H-pyrrole nitrogens is 1. The van der Waals surface area contributed by atoms with Crippen LogP contribution in [0.5, 0.6) is 0 Å². The van der Waals surface area contributed by atoms with E-state index in [1.807, 2.05) is 0 Å². The molecular weight excluding hydrogens is 152 g/mol. The summed E-state index contributed by atoms with van der Waals surface area (Å²) in [7, 11) is 0. The number of aromatic amines is 1. The van der Waals surface area contributed by atoms with Gasteiger partial charge in [-0.3, -0.25) is 5.10 Å². The van der Waals surface area contributed by atoms with Crippen LogP contribution in [0, 0.1) is 0 Å². The molecule has 0 bridgehead atoms. The lowest BCUT2D eigenvalue weighted by atomic mass is 10.2. The molecule has 3 nitrogen and oxygen atoms in total. The van der Waals surface area contributed by atoms with Gasteiger partial charge in [-0.05, 0) is 0 Å². The Bertz CT molecular complexity index is 221. The van der Waals surface area contributed by atoms with E-state index in [4.69, 9.17) is 11.6 Å². The normalized spacial score (nSPS) is 9.70. The average molecular weight is 159 g/mol. The maximum Gasteiger partial charge on any atom is 0.126 e. The second-order valence-electron chi connectivity index (χ2n) is 1.86. The van der Waals surface area contributed by atoms with Gasteiger partial charge in [-0.2, -0.15) is 5.10 Å². The first-order valence-corrected chi connectivity index (χ1v) is 3.43. The van der Waals surface area contributed by atoms with E-state index >= 15 is 0 Å². The third-order valence-electron chi connectivity index (χ3n) is 1.23. The number of rotatable bonds is 3. The standard InChI is InChI=1S/C6H7ClN2O/c7-3-5-4-8-9-6(5)1-2-10/h2,4H,1,3H2,(H,8,9). The fourth-order valence-electron chi connectivity index (χ4n) is 0.715. The van der Waals surface area contributed by atoms with Crippen molar-refractivity contribution < 1.29 is 4.79 Å². The van der Waals surface area contributed by atoms with Crippen molar-refractivity contribution in [2.24, 2.45) is 0 Å². The lowest BCUT2D eigenvalue weighted by Gasteiger charge is -1.88. The van der Waals surface area contributed by atoms with E-state index in [2.05, 4.69) is 10.2 Å². The minimum atomic E-state index is 0.339. The van der Waals surface area contributed by atoms with Gasteiger partial charge >= 0.3 is 0 Å². The predicted octanol–water partition coefficient (Wildman–Crippen LogP) is 0.890. The molecule has 0 spiro atoms. The highest BCUT2D eigenvalue weighted by molar-refractivity contribution is 6.17. The molecule has 0 radical (unpaired) electrons. The summed E-state index contributed by atoms with van der Waals surface area (Å²) < 4.78 is 0. The zero-order valence-corrected chi connectivity index (χ0v) is 6.06. The first kappa shape index (κ1) is 7.28. The number of aromatic nitrogens is 2. The van der Waals surface area contributed by atoms with E-state index in [0.717, 1.165) is 17.5 Å².